The van der Waals surface area contributed by atoms with Crippen molar-refractivity contribution in [2.75, 3.05) is 6.61 Å². The van der Waals surface area contributed by atoms with Crippen LogP contribution in [0, 0.1) is 0 Å². The summed E-state index contributed by atoms with van der Waals surface area (Å²) in [4.78, 5) is 4.26. The third kappa shape index (κ3) is 2.97. The highest BCUT2D eigenvalue weighted by molar-refractivity contribution is 7.99. The minimum Gasteiger partial charge on any atom is -0.395 e. The molecule has 3 nitrogen and oxygen atoms in total. The summed E-state index contributed by atoms with van der Waals surface area (Å²) in [5, 5.41) is 10.0. The molecule has 3 N–H and O–H groups in total. The van der Waals surface area contributed by atoms with Gasteiger partial charge in [-0.3, -0.25) is 0 Å². The lowest BCUT2D eigenvalue weighted by molar-refractivity contribution is 0.300. The number of aliphatic hydroxyl groups is 1. The lowest BCUT2D eigenvalue weighted by atomic mass is 10.2. The Bertz CT molecular complexity index is 291. The first-order valence-electron chi connectivity index (χ1n) is 4.63. The summed E-state index contributed by atoms with van der Waals surface area (Å²) in [6.45, 7) is 4.05. The number of rotatable bonds is 4. The van der Waals surface area contributed by atoms with Gasteiger partial charge in [0.15, 0.2) is 0 Å². The Morgan fingerprint density at radius 3 is 2.86 bits per heavy atom. The van der Waals surface area contributed by atoms with Gasteiger partial charge < -0.3 is 10.8 Å². The smallest absolute Gasteiger partial charge is 0.101 e. The molecule has 2 atom stereocenters. The summed E-state index contributed by atoms with van der Waals surface area (Å²) in [6.07, 6.45) is 1.75. The molecule has 0 amide bonds. The van der Waals surface area contributed by atoms with E-state index in [1.807, 2.05) is 26.0 Å². The van der Waals surface area contributed by atoms with E-state index >= 15 is 0 Å². The van der Waals surface area contributed by atoms with Gasteiger partial charge >= 0.3 is 0 Å². The molecular weight excluding hydrogens is 196 g/mol. The molecule has 0 saturated heterocycles. The summed E-state index contributed by atoms with van der Waals surface area (Å²) in [6, 6.07) is 3.84. The van der Waals surface area contributed by atoms with Gasteiger partial charge in [-0.25, -0.2) is 4.98 Å². The largest absolute Gasteiger partial charge is 0.395 e. The van der Waals surface area contributed by atoms with Crippen molar-refractivity contribution in [1.29, 1.82) is 0 Å². The molecule has 1 aromatic rings. The van der Waals surface area contributed by atoms with Crippen molar-refractivity contribution in [3.63, 3.8) is 0 Å². The Balaban J connectivity index is 2.84. The molecule has 1 rings (SSSR count). The molecule has 1 unspecified atom stereocenters. The predicted molar refractivity (Wildman–Crippen MR) is 59.2 cm³/mol. The Morgan fingerprint density at radius 2 is 2.29 bits per heavy atom. The van der Waals surface area contributed by atoms with Crippen molar-refractivity contribution < 1.29 is 5.11 Å². The Hall–Kier alpha value is -0.580. The number of nitrogens with zero attached hydrogens (tertiary/aromatic N) is 1. The molecule has 14 heavy (non-hydrogen) atoms. The van der Waals surface area contributed by atoms with Crippen LogP contribution in [0.3, 0.4) is 0 Å². The van der Waals surface area contributed by atoms with E-state index in [0.717, 1.165) is 10.6 Å². The van der Waals surface area contributed by atoms with Gasteiger partial charge in [0.25, 0.3) is 0 Å². The average Bonchev–Trinajstić information content (AvgIpc) is 2.18. The fourth-order valence-electron chi connectivity index (χ4n) is 1.08. The van der Waals surface area contributed by atoms with E-state index in [9.17, 15) is 0 Å². The Morgan fingerprint density at radius 1 is 1.57 bits per heavy atom. The number of thioether (sulfide) groups is 1. The number of hydrogen-bond donors (Lipinski definition) is 2. The second kappa shape index (κ2) is 5.34. The van der Waals surface area contributed by atoms with E-state index in [4.69, 9.17) is 10.8 Å². The van der Waals surface area contributed by atoms with Crippen LogP contribution >= 0.6 is 11.8 Å². The Kier molecular flexibility index (Phi) is 4.38. The van der Waals surface area contributed by atoms with Crippen molar-refractivity contribution in [3.05, 3.63) is 23.9 Å². The van der Waals surface area contributed by atoms with E-state index in [0.29, 0.717) is 0 Å². The van der Waals surface area contributed by atoms with Crippen molar-refractivity contribution in [2.45, 2.75) is 30.2 Å². The number of pyridine rings is 1. The van der Waals surface area contributed by atoms with Crippen molar-refractivity contribution >= 4 is 11.8 Å². The van der Waals surface area contributed by atoms with Gasteiger partial charge in [0.2, 0.25) is 0 Å². The van der Waals surface area contributed by atoms with Crippen molar-refractivity contribution in [3.8, 4) is 0 Å². The first kappa shape index (κ1) is 11.5. The highest BCUT2D eigenvalue weighted by Crippen LogP contribution is 2.27. The molecule has 0 aliphatic rings. The first-order chi connectivity index (χ1) is 6.65. The van der Waals surface area contributed by atoms with Gasteiger partial charge in [-0.1, -0.05) is 13.0 Å². The molecule has 0 aromatic carbocycles. The monoisotopic (exact) mass is 212 g/mol. The molecule has 0 saturated carbocycles. The van der Waals surface area contributed by atoms with Crippen LogP contribution in [-0.4, -0.2) is 21.9 Å². The number of aromatic nitrogens is 1. The van der Waals surface area contributed by atoms with Crippen LogP contribution in [-0.2, 0) is 0 Å². The van der Waals surface area contributed by atoms with Crippen LogP contribution in [0.2, 0.25) is 0 Å². The molecular formula is C10H16N2OS. The van der Waals surface area contributed by atoms with Gasteiger partial charge in [-0.05, 0) is 13.0 Å². The number of nitrogens with two attached hydrogens (primary N) is 1. The maximum Gasteiger partial charge on any atom is 0.101 e. The standard InChI is InChI=1S/C10H16N2OS/c1-7(6-13)14-10-9(8(2)11)4-3-5-12-10/h3-5,7-8,13H,6,11H2,1-2H3/t7?,8-/m1/s1. The highest BCUT2D eigenvalue weighted by atomic mass is 32.2. The van der Waals surface area contributed by atoms with Crippen LogP contribution in [0.1, 0.15) is 25.5 Å². The van der Waals surface area contributed by atoms with Gasteiger partial charge in [0.1, 0.15) is 5.03 Å². The fraction of sp³-hybridized carbons (Fsp3) is 0.500. The second-order valence-electron chi connectivity index (χ2n) is 3.30. The molecule has 0 spiro atoms. The molecule has 0 aliphatic heterocycles. The van der Waals surface area contributed by atoms with Gasteiger partial charge in [-0.2, -0.15) is 0 Å². The van der Waals surface area contributed by atoms with E-state index in [1.165, 1.54) is 0 Å². The minimum atomic E-state index is -0.0166. The van der Waals surface area contributed by atoms with Crippen molar-refractivity contribution in [2.24, 2.45) is 5.73 Å². The summed E-state index contributed by atoms with van der Waals surface area (Å²) in [5.41, 5.74) is 6.86. The average molecular weight is 212 g/mol. The summed E-state index contributed by atoms with van der Waals surface area (Å²) in [5.74, 6) is 0. The van der Waals surface area contributed by atoms with Gasteiger partial charge in [0, 0.05) is 23.1 Å². The molecule has 0 fully saturated rings. The van der Waals surface area contributed by atoms with Crippen molar-refractivity contribution in [1.82, 2.24) is 4.98 Å². The molecule has 78 valence electrons. The fourth-order valence-corrected chi connectivity index (χ4v) is 2.04. The lowest BCUT2D eigenvalue weighted by Crippen LogP contribution is -2.09. The van der Waals surface area contributed by atoms with Crippen LogP contribution in [0.4, 0.5) is 0 Å². The van der Waals surface area contributed by atoms with Crippen LogP contribution in [0.15, 0.2) is 23.4 Å². The minimum absolute atomic E-state index is 0.0166. The Labute approximate surface area is 88.7 Å². The zero-order valence-electron chi connectivity index (χ0n) is 8.47. The molecule has 1 heterocycles. The zero-order chi connectivity index (χ0) is 10.6. The molecule has 0 radical (unpaired) electrons. The quantitative estimate of drug-likeness (QED) is 0.744. The molecule has 1 aromatic heterocycles. The first-order valence-corrected chi connectivity index (χ1v) is 5.51. The maximum atomic E-state index is 8.95. The number of hydrogen-bond acceptors (Lipinski definition) is 4. The predicted octanol–water partition coefficient (Wildman–Crippen LogP) is 1.57. The SMILES string of the molecule is CC(CO)Sc1ncccc1[C@@H](C)N. The second-order valence-corrected chi connectivity index (χ2v) is 4.72. The van der Waals surface area contributed by atoms with Crippen LogP contribution < -0.4 is 5.73 Å². The van der Waals surface area contributed by atoms with E-state index < -0.39 is 0 Å². The highest BCUT2D eigenvalue weighted by Gasteiger charge is 2.10. The third-order valence-corrected chi connectivity index (χ3v) is 2.98. The normalized spacial score (nSPS) is 15.1. The lowest BCUT2D eigenvalue weighted by Gasteiger charge is -2.13. The molecule has 4 heteroatoms. The van der Waals surface area contributed by atoms with Gasteiger partial charge in [0.05, 0.1) is 6.61 Å². The summed E-state index contributed by atoms with van der Waals surface area (Å²) in [7, 11) is 0. The molecule has 0 bridgehead atoms. The van der Waals surface area contributed by atoms with Crippen LogP contribution in [0.25, 0.3) is 0 Å². The topological polar surface area (TPSA) is 59.1 Å². The van der Waals surface area contributed by atoms with E-state index in [1.54, 1.807) is 18.0 Å². The van der Waals surface area contributed by atoms with E-state index in [-0.39, 0.29) is 17.9 Å². The number of aliphatic hydroxyl groups excluding tert-OH is 1. The third-order valence-electron chi connectivity index (χ3n) is 1.86. The maximum absolute atomic E-state index is 8.95. The van der Waals surface area contributed by atoms with E-state index in [2.05, 4.69) is 4.98 Å². The zero-order valence-corrected chi connectivity index (χ0v) is 9.29. The van der Waals surface area contributed by atoms with Gasteiger partial charge in [-0.15, -0.1) is 11.8 Å². The molecule has 0 aliphatic carbocycles. The van der Waals surface area contributed by atoms with Crippen LogP contribution in [0.5, 0.6) is 0 Å². The summed E-state index contributed by atoms with van der Waals surface area (Å²) < 4.78 is 0. The summed E-state index contributed by atoms with van der Waals surface area (Å²) >= 11 is 1.56.